The number of hydrogen-bond acceptors (Lipinski definition) is 2. The third kappa shape index (κ3) is 1.95. The van der Waals surface area contributed by atoms with Crippen LogP contribution < -0.4 is 5.73 Å². The van der Waals surface area contributed by atoms with Crippen molar-refractivity contribution in [2.24, 2.45) is 0 Å². The van der Waals surface area contributed by atoms with Gasteiger partial charge in [0, 0.05) is 12.2 Å². The van der Waals surface area contributed by atoms with Crippen LogP contribution in [0.2, 0.25) is 0 Å². The second kappa shape index (κ2) is 4.53. The second-order valence-electron chi connectivity index (χ2n) is 4.30. The predicted molar refractivity (Wildman–Crippen MR) is 68.5 cm³/mol. The Labute approximate surface area is 105 Å². The number of nitrogens with two attached hydrogens (primary N) is 1. The van der Waals surface area contributed by atoms with Crippen LogP contribution >= 0.6 is 0 Å². The molecule has 3 nitrogen and oxygen atoms in total. The number of halogens is 1. The molecular formula is C14H14FN3. The van der Waals surface area contributed by atoms with Gasteiger partial charge in [-0.25, -0.2) is 4.39 Å². The third-order valence-corrected chi connectivity index (χ3v) is 3.21. The highest BCUT2D eigenvalue weighted by Crippen LogP contribution is 2.24. The highest BCUT2D eigenvalue weighted by molar-refractivity contribution is 5.58. The van der Waals surface area contributed by atoms with Gasteiger partial charge in [-0.1, -0.05) is 12.1 Å². The molecule has 0 radical (unpaired) electrons. The first-order chi connectivity index (χ1) is 8.54. The molecule has 0 aliphatic carbocycles. The summed E-state index contributed by atoms with van der Waals surface area (Å²) in [6.45, 7) is 4.25. The highest BCUT2D eigenvalue weighted by Gasteiger charge is 2.15. The first kappa shape index (κ1) is 12.2. The predicted octanol–water partition coefficient (Wildman–Crippen LogP) is 2.75. The van der Waals surface area contributed by atoms with Gasteiger partial charge in [0.1, 0.15) is 17.7 Å². The highest BCUT2D eigenvalue weighted by atomic mass is 19.1. The Morgan fingerprint density at radius 2 is 2.11 bits per heavy atom. The van der Waals surface area contributed by atoms with Crippen molar-refractivity contribution in [1.29, 1.82) is 5.26 Å². The van der Waals surface area contributed by atoms with Crippen LogP contribution in [0, 0.1) is 31.0 Å². The van der Waals surface area contributed by atoms with Crippen molar-refractivity contribution in [1.82, 2.24) is 4.57 Å². The first-order valence-corrected chi connectivity index (χ1v) is 5.64. The molecular weight excluding hydrogens is 229 g/mol. The molecule has 0 atom stereocenters. The van der Waals surface area contributed by atoms with E-state index in [9.17, 15) is 4.39 Å². The molecule has 0 spiro atoms. The molecule has 0 aliphatic rings. The Kier molecular flexibility index (Phi) is 3.07. The molecule has 1 aromatic heterocycles. The molecule has 1 heterocycles. The van der Waals surface area contributed by atoms with E-state index in [1.807, 2.05) is 24.5 Å². The van der Waals surface area contributed by atoms with Crippen molar-refractivity contribution in [3.05, 3.63) is 52.5 Å². The average Bonchev–Trinajstić information content (AvgIpc) is 2.53. The largest absolute Gasteiger partial charge is 0.384 e. The fourth-order valence-corrected chi connectivity index (χ4v) is 2.05. The van der Waals surface area contributed by atoms with Gasteiger partial charge in [-0.15, -0.1) is 0 Å². The van der Waals surface area contributed by atoms with Gasteiger partial charge >= 0.3 is 0 Å². The molecule has 0 aliphatic heterocycles. The van der Waals surface area contributed by atoms with Crippen LogP contribution in [-0.4, -0.2) is 4.57 Å². The van der Waals surface area contributed by atoms with Crippen LogP contribution in [0.25, 0.3) is 0 Å². The maximum absolute atomic E-state index is 13.1. The Bertz CT molecular complexity index is 635. The second-order valence-corrected chi connectivity index (χ2v) is 4.30. The van der Waals surface area contributed by atoms with Gasteiger partial charge in [0.05, 0.1) is 5.56 Å². The van der Waals surface area contributed by atoms with Crippen LogP contribution in [0.1, 0.15) is 22.4 Å². The summed E-state index contributed by atoms with van der Waals surface area (Å²) < 4.78 is 15.0. The van der Waals surface area contributed by atoms with Gasteiger partial charge in [0.2, 0.25) is 0 Å². The zero-order valence-electron chi connectivity index (χ0n) is 10.4. The molecule has 0 amide bonds. The SMILES string of the molecule is Cc1c(C#N)c(N)n(Cc2cccc(F)c2)c1C. The summed E-state index contributed by atoms with van der Waals surface area (Å²) >= 11 is 0. The Morgan fingerprint density at radius 3 is 2.67 bits per heavy atom. The molecule has 0 bridgehead atoms. The Morgan fingerprint density at radius 1 is 1.39 bits per heavy atom. The van der Waals surface area contributed by atoms with Crippen molar-refractivity contribution in [3.63, 3.8) is 0 Å². The quantitative estimate of drug-likeness (QED) is 0.881. The lowest BCUT2D eigenvalue weighted by Crippen LogP contribution is -2.06. The van der Waals surface area contributed by atoms with Crippen molar-refractivity contribution in [3.8, 4) is 6.07 Å². The van der Waals surface area contributed by atoms with Crippen molar-refractivity contribution in [2.45, 2.75) is 20.4 Å². The van der Waals surface area contributed by atoms with Gasteiger partial charge in [-0.05, 0) is 37.1 Å². The number of hydrogen-bond donors (Lipinski definition) is 1. The molecule has 2 aromatic rings. The summed E-state index contributed by atoms with van der Waals surface area (Å²) in [4.78, 5) is 0. The number of rotatable bonds is 2. The smallest absolute Gasteiger partial charge is 0.123 e. The van der Waals surface area contributed by atoms with Crippen molar-refractivity contribution < 1.29 is 4.39 Å². The molecule has 2 rings (SSSR count). The third-order valence-electron chi connectivity index (χ3n) is 3.21. The number of benzene rings is 1. The molecule has 2 N–H and O–H groups in total. The molecule has 92 valence electrons. The van der Waals surface area contributed by atoms with Gasteiger partial charge in [0.15, 0.2) is 0 Å². The molecule has 0 fully saturated rings. The van der Waals surface area contributed by atoms with E-state index in [2.05, 4.69) is 6.07 Å². The fourth-order valence-electron chi connectivity index (χ4n) is 2.05. The standard InChI is InChI=1S/C14H14FN3/c1-9-10(2)18(14(17)13(9)7-16)8-11-4-3-5-12(15)6-11/h3-6H,8,17H2,1-2H3. The molecule has 0 saturated heterocycles. The lowest BCUT2D eigenvalue weighted by molar-refractivity contribution is 0.623. The summed E-state index contributed by atoms with van der Waals surface area (Å²) in [5, 5.41) is 9.04. The van der Waals surface area contributed by atoms with E-state index in [0.717, 1.165) is 16.8 Å². The summed E-state index contributed by atoms with van der Waals surface area (Å²) in [6, 6.07) is 8.48. The number of nitrogen functional groups attached to an aromatic ring is 1. The van der Waals surface area contributed by atoms with Gasteiger partial charge in [-0.2, -0.15) is 5.26 Å². The fraction of sp³-hybridized carbons (Fsp3) is 0.214. The normalized spacial score (nSPS) is 10.3. The summed E-state index contributed by atoms with van der Waals surface area (Å²) in [7, 11) is 0. The van der Waals surface area contributed by atoms with E-state index in [1.165, 1.54) is 12.1 Å². The molecule has 1 aromatic carbocycles. The van der Waals surface area contributed by atoms with Crippen LogP contribution in [0.4, 0.5) is 10.2 Å². The maximum atomic E-state index is 13.1. The first-order valence-electron chi connectivity index (χ1n) is 5.64. The van der Waals surface area contributed by atoms with E-state index in [-0.39, 0.29) is 5.82 Å². The number of aromatic nitrogens is 1. The Balaban J connectivity index is 2.45. The van der Waals surface area contributed by atoms with Crippen LogP contribution in [0.5, 0.6) is 0 Å². The lowest BCUT2D eigenvalue weighted by Gasteiger charge is -2.09. The minimum atomic E-state index is -0.270. The topological polar surface area (TPSA) is 54.7 Å². The number of anilines is 1. The maximum Gasteiger partial charge on any atom is 0.123 e. The zero-order chi connectivity index (χ0) is 13.3. The van der Waals surface area contributed by atoms with E-state index in [4.69, 9.17) is 11.0 Å². The van der Waals surface area contributed by atoms with Gasteiger partial charge in [-0.3, -0.25) is 0 Å². The monoisotopic (exact) mass is 243 g/mol. The van der Waals surface area contributed by atoms with Crippen LogP contribution in [0.15, 0.2) is 24.3 Å². The summed E-state index contributed by atoms with van der Waals surface area (Å²) in [5.41, 5.74) is 9.09. The van der Waals surface area contributed by atoms with E-state index >= 15 is 0 Å². The average molecular weight is 243 g/mol. The van der Waals surface area contributed by atoms with E-state index < -0.39 is 0 Å². The van der Waals surface area contributed by atoms with Crippen LogP contribution in [0.3, 0.4) is 0 Å². The molecule has 4 heteroatoms. The van der Waals surface area contributed by atoms with E-state index in [1.54, 1.807) is 6.07 Å². The molecule has 18 heavy (non-hydrogen) atoms. The summed E-state index contributed by atoms with van der Waals surface area (Å²) in [6.07, 6.45) is 0. The van der Waals surface area contributed by atoms with E-state index in [0.29, 0.717) is 17.9 Å². The van der Waals surface area contributed by atoms with Crippen LogP contribution in [-0.2, 0) is 6.54 Å². The molecule has 0 unspecified atom stereocenters. The van der Waals surface area contributed by atoms with Gasteiger partial charge < -0.3 is 10.3 Å². The van der Waals surface area contributed by atoms with Crippen molar-refractivity contribution in [2.75, 3.05) is 5.73 Å². The number of nitriles is 1. The number of nitrogens with zero attached hydrogens (tertiary/aromatic N) is 2. The molecule has 0 saturated carbocycles. The minimum Gasteiger partial charge on any atom is -0.384 e. The Hall–Kier alpha value is -2.28. The summed E-state index contributed by atoms with van der Waals surface area (Å²) in [5.74, 6) is 0.171. The zero-order valence-corrected chi connectivity index (χ0v) is 10.4. The van der Waals surface area contributed by atoms with Crippen molar-refractivity contribution >= 4 is 5.82 Å². The van der Waals surface area contributed by atoms with Gasteiger partial charge in [0.25, 0.3) is 0 Å². The lowest BCUT2D eigenvalue weighted by atomic mass is 10.2. The minimum absolute atomic E-state index is 0.270.